The number of sulfonamides is 1. The van der Waals surface area contributed by atoms with E-state index in [0.29, 0.717) is 15.7 Å². The van der Waals surface area contributed by atoms with Crippen LogP contribution in [0.15, 0.2) is 16.3 Å². The number of aliphatic hydroxyl groups is 1. The summed E-state index contributed by atoms with van der Waals surface area (Å²) in [6.07, 6.45) is 2.24. The minimum Gasteiger partial charge on any atom is -0.391 e. The Labute approximate surface area is 106 Å². The number of hydrogen-bond donors (Lipinski definition) is 1. The second kappa shape index (κ2) is 4.68. The Morgan fingerprint density at radius 3 is 2.71 bits per heavy atom. The monoisotopic (exact) mass is 275 g/mol. The number of thiophene rings is 1. The summed E-state index contributed by atoms with van der Waals surface area (Å²) in [5.74, 6) is 0.505. The molecule has 2 rings (SSSR count). The van der Waals surface area contributed by atoms with E-state index in [-0.39, 0.29) is 12.6 Å². The molecule has 1 aliphatic rings. The quantitative estimate of drug-likeness (QED) is 0.889. The van der Waals surface area contributed by atoms with Crippen molar-refractivity contribution in [2.75, 3.05) is 7.05 Å². The molecule has 0 aliphatic heterocycles. The van der Waals surface area contributed by atoms with Crippen molar-refractivity contribution in [2.45, 2.75) is 37.3 Å². The van der Waals surface area contributed by atoms with Gasteiger partial charge in [-0.3, -0.25) is 0 Å². The van der Waals surface area contributed by atoms with Gasteiger partial charge in [-0.25, -0.2) is 8.42 Å². The summed E-state index contributed by atoms with van der Waals surface area (Å²) in [4.78, 5) is 0.970. The van der Waals surface area contributed by atoms with Crippen LogP contribution in [0.4, 0.5) is 0 Å². The molecule has 17 heavy (non-hydrogen) atoms. The normalized spacial score (nSPS) is 18.6. The molecule has 1 aromatic heterocycles. The molecule has 0 aromatic carbocycles. The van der Waals surface area contributed by atoms with Crippen molar-refractivity contribution in [1.29, 1.82) is 0 Å². The zero-order valence-corrected chi connectivity index (χ0v) is 11.6. The van der Waals surface area contributed by atoms with Crippen LogP contribution in [0, 0.1) is 5.92 Å². The van der Waals surface area contributed by atoms with E-state index in [1.807, 2.05) is 6.92 Å². The van der Waals surface area contributed by atoms with E-state index in [9.17, 15) is 8.42 Å². The summed E-state index contributed by atoms with van der Waals surface area (Å²) in [5.41, 5.74) is 0. The second-order valence-electron chi connectivity index (χ2n) is 4.51. The van der Waals surface area contributed by atoms with Crippen molar-refractivity contribution in [3.63, 3.8) is 0 Å². The Kier molecular flexibility index (Phi) is 3.58. The predicted molar refractivity (Wildman–Crippen MR) is 67.4 cm³/mol. The van der Waals surface area contributed by atoms with Crippen LogP contribution in [-0.4, -0.2) is 30.9 Å². The van der Waals surface area contributed by atoms with E-state index < -0.39 is 10.0 Å². The lowest BCUT2D eigenvalue weighted by Gasteiger charge is -2.23. The molecule has 0 amide bonds. The molecule has 1 fully saturated rings. The van der Waals surface area contributed by atoms with Gasteiger partial charge in [0.05, 0.1) is 11.5 Å². The largest absolute Gasteiger partial charge is 0.391 e. The Morgan fingerprint density at radius 1 is 1.59 bits per heavy atom. The molecule has 1 aromatic rings. The van der Waals surface area contributed by atoms with Crippen molar-refractivity contribution in [3.8, 4) is 0 Å². The SMILES string of the molecule is CC(C1CC1)N(C)S(=O)(=O)c1csc(CO)c1. The van der Waals surface area contributed by atoms with Crippen molar-refractivity contribution >= 4 is 21.4 Å². The molecule has 1 aliphatic carbocycles. The summed E-state index contributed by atoms with van der Waals surface area (Å²) in [6, 6.07) is 1.60. The Hall–Kier alpha value is -0.430. The van der Waals surface area contributed by atoms with Gasteiger partial charge >= 0.3 is 0 Å². The summed E-state index contributed by atoms with van der Waals surface area (Å²) in [7, 11) is -1.77. The van der Waals surface area contributed by atoms with Crippen LogP contribution < -0.4 is 0 Å². The van der Waals surface area contributed by atoms with Gasteiger partial charge in [0, 0.05) is 23.3 Å². The van der Waals surface area contributed by atoms with E-state index in [2.05, 4.69) is 0 Å². The van der Waals surface area contributed by atoms with Crippen LogP contribution in [0.2, 0.25) is 0 Å². The molecule has 96 valence electrons. The molecule has 1 atom stereocenters. The minimum absolute atomic E-state index is 0.0532. The fourth-order valence-corrected chi connectivity index (χ4v) is 4.38. The molecule has 0 saturated heterocycles. The smallest absolute Gasteiger partial charge is 0.243 e. The molecule has 0 radical (unpaired) electrons. The first-order chi connectivity index (χ1) is 7.96. The first-order valence-corrected chi connectivity index (χ1v) is 7.95. The van der Waals surface area contributed by atoms with E-state index >= 15 is 0 Å². The second-order valence-corrected chi connectivity index (χ2v) is 7.50. The number of rotatable bonds is 5. The van der Waals surface area contributed by atoms with E-state index in [1.54, 1.807) is 18.5 Å². The zero-order valence-electron chi connectivity index (χ0n) is 9.96. The van der Waals surface area contributed by atoms with Gasteiger partial charge in [-0.1, -0.05) is 0 Å². The molecular formula is C11H17NO3S2. The van der Waals surface area contributed by atoms with Crippen molar-refractivity contribution in [2.24, 2.45) is 5.92 Å². The highest BCUT2D eigenvalue weighted by atomic mass is 32.2. The maximum atomic E-state index is 12.3. The lowest BCUT2D eigenvalue weighted by Crippen LogP contribution is -2.36. The van der Waals surface area contributed by atoms with Gasteiger partial charge in [-0.2, -0.15) is 4.31 Å². The Morgan fingerprint density at radius 2 is 2.24 bits per heavy atom. The molecular weight excluding hydrogens is 258 g/mol. The van der Waals surface area contributed by atoms with Gasteiger partial charge < -0.3 is 5.11 Å². The molecule has 1 saturated carbocycles. The van der Waals surface area contributed by atoms with E-state index in [1.165, 1.54) is 15.6 Å². The third-order valence-electron chi connectivity index (χ3n) is 3.34. The average molecular weight is 275 g/mol. The third-order valence-corrected chi connectivity index (χ3v) is 6.33. The highest BCUT2D eigenvalue weighted by Gasteiger charge is 2.36. The maximum absolute atomic E-state index is 12.3. The highest BCUT2D eigenvalue weighted by Crippen LogP contribution is 2.36. The molecule has 1 heterocycles. The van der Waals surface area contributed by atoms with Crippen molar-refractivity contribution in [3.05, 3.63) is 16.3 Å². The topological polar surface area (TPSA) is 57.6 Å². The summed E-state index contributed by atoms with van der Waals surface area (Å²) in [6.45, 7) is 1.84. The number of aliphatic hydroxyl groups excluding tert-OH is 1. The van der Waals surface area contributed by atoms with Crippen LogP contribution in [0.3, 0.4) is 0 Å². The van der Waals surface area contributed by atoms with Gasteiger partial charge in [0.2, 0.25) is 10.0 Å². The Bertz CT molecular complexity index is 491. The van der Waals surface area contributed by atoms with Gasteiger partial charge in [0.15, 0.2) is 0 Å². The van der Waals surface area contributed by atoms with Gasteiger partial charge in [0.25, 0.3) is 0 Å². The lowest BCUT2D eigenvalue weighted by molar-refractivity contribution is 0.285. The fourth-order valence-electron chi connectivity index (χ4n) is 1.84. The summed E-state index contributed by atoms with van der Waals surface area (Å²) in [5, 5.41) is 10.6. The van der Waals surface area contributed by atoms with Gasteiger partial charge in [0.1, 0.15) is 0 Å². The standard InChI is InChI=1S/C11H17NO3S2/c1-8(9-3-4-9)12(2)17(14,15)11-5-10(6-13)16-7-11/h5,7-9,13H,3-4,6H2,1-2H3. The van der Waals surface area contributed by atoms with Crippen LogP contribution in [0.5, 0.6) is 0 Å². The summed E-state index contributed by atoms with van der Waals surface area (Å²) < 4.78 is 26.0. The van der Waals surface area contributed by atoms with Crippen molar-refractivity contribution < 1.29 is 13.5 Å². The van der Waals surface area contributed by atoms with Gasteiger partial charge in [-0.15, -0.1) is 11.3 Å². The number of nitrogens with zero attached hydrogens (tertiary/aromatic N) is 1. The molecule has 1 N–H and O–H groups in total. The van der Waals surface area contributed by atoms with Crippen molar-refractivity contribution in [1.82, 2.24) is 4.31 Å². The first-order valence-electron chi connectivity index (χ1n) is 5.63. The molecule has 0 spiro atoms. The van der Waals surface area contributed by atoms with E-state index in [0.717, 1.165) is 12.8 Å². The van der Waals surface area contributed by atoms with Gasteiger partial charge in [-0.05, 0) is 31.7 Å². The molecule has 0 bridgehead atoms. The first kappa shape index (κ1) is 13.0. The van der Waals surface area contributed by atoms with Crippen LogP contribution in [0.25, 0.3) is 0 Å². The molecule has 1 unspecified atom stereocenters. The molecule has 6 heteroatoms. The van der Waals surface area contributed by atoms with Crippen LogP contribution >= 0.6 is 11.3 Å². The zero-order chi connectivity index (χ0) is 12.6. The fraction of sp³-hybridized carbons (Fsp3) is 0.636. The number of hydrogen-bond acceptors (Lipinski definition) is 4. The lowest BCUT2D eigenvalue weighted by atomic mass is 10.2. The Balaban J connectivity index is 2.22. The average Bonchev–Trinajstić information content (AvgIpc) is 3.04. The van der Waals surface area contributed by atoms with Crippen LogP contribution in [0.1, 0.15) is 24.6 Å². The maximum Gasteiger partial charge on any atom is 0.243 e. The van der Waals surface area contributed by atoms with Crippen LogP contribution in [-0.2, 0) is 16.6 Å². The predicted octanol–water partition coefficient (Wildman–Crippen LogP) is 1.66. The summed E-state index contributed by atoms with van der Waals surface area (Å²) >= 11 is 1.27. The minimum atomic E-state index is -3.40. The van der Waals surface area contributed by atoms with E-state index in [4.69, 9.17) is 5.11 Å². The third kappa shape index (κ3) is 2.54. The molecule has 4 nitrogen and oxygen atoms in total. The highest BCUT2D eigenvalue weighted by molar-refractivity contribution is 7.89.